The molecule has 1 aromatic heterocycles. The number of rotatable bonds is 6. The highest BCUT2D eigenvalue weighted by Gasteiger charge is 2.26. The molecule has 2 heterocycles. The summed E-state index contributed by atoms with van der Waals surface area (Å²) in [6, 6.07) is 21.9. The Morgan fingerprint density at radius 3 is 2.32 bits per heavy atom. The first-order valence-electron chi connectivity index (χ1n) is 9.74. The van der Waals surface area contributed by atoms with Crippen LogP contribution in [-0.2, 0) is 13.0 Å². The smallest absolute Gasteiger partial charge is 0.292 e. The number of ether oxygens (including phenoxy) is 1. The van der Waals surface area contributed by atoms with E-state index < -0.39 is 0 Å². The Morgan fingerprint density at radius 1 is 1.00 bits per heavy atom. The van der Waals surface area contributed by atoms with E-state index in [-0.39, 0.29) is 11.7 Å². The van der Waals surface area contributed by atoms with E-state index in [4.69, 9.17) is 9.26 Å². The van der Waals surface area contributed by atoms with Crippen LogP contribution in [0.15, 0.2) is 71.3 Å². The molecule has 0 spiro atoms. The van der Waals surface area contributed by atoms with Crippen LogP contribution >= 0.6 is 0 Å². The van der Waals surface area contributed by atoms with Gasteiger partial charge in [-0.2, -0.15) is 0 Å². The second-order valence-corrected chi connectivity index (χ2v) is 7.23. The Kier molecular flexibility index (Phi) is 5.71. The van der Waals surface area contributed by atoms with Crippen molar-refractivity contribution in [3.05, 3.63) is 83.6 Å². The Balaban J connectivity index is 1.28. The van der Waals surface area contributed by atoms with Gasteiger partial charge < -0.3 is 14.2 Å². The van der Waals surface area contributed by atoms with Gasteiger partial charge in [0.05, 0.1) is 6.07 Å². The van der Waals surface area contributed by atoms with Crippen LogP contribution in [0.1, 0.15) is 34.5 Å². The van der Waals surface area contributed by atoms with E-state index in [2.05, 4.69) is 29.4 Å². The molecule has 2 aromatic carbocycles. The van der Waals surface area contributed by atoms with Gasteiger partial charge in [0.2, 0.25) is 5.76 Å². The number of benzene rings is 2. The zero-order chi connectivity index (χ0) is 19.2. The molecule has 144 valence electrons. The average molecular weight is 376 g/mol. The van der Waals surface area contributed by atoms with Gasteiger partial charge in [-0.05, 0) is 41.5 Å². The number of hydrogen-bond acceptors (Lipinski definition) is 4. The van der Waals surface area contributed by atoms with Gasteiger partial charge >= 0.3 is 0 Å². The molecule has 5 heteroatoms. The molecular formula is C23H24N2O3. The lowest BCUT2D eigenvalue weighted by Crippen LogP contribution is -2.38. The maximum atomic E-state index is 12.7. The summed E-state index contributed by atoms with van der Waals surface area (Å²) in [6.45, 7) is 1.89. The highest BCUT2D eigenvalue weighted by atomic mass is 16.5. The zero-order valence-corrected chi connectivity index (χ0v) is 15.8. The van der Waals surface area contributed by atoms with Gasteiger partial charge in [-0.25, -0.2) is 0 Å². The van der Waals surface area contributed by atoms with Crippen molar-refractivity contribution in [2.75, 3.05) is 13.1 Å². The van der Waals surface area contributed by atoms with Gasteiger partial charge in [0, 0.05) is 13.1 Å². The quantitative estimate of drug-likeness (QED) is 0.642. The summed E-state index contributed by atoms with van der Waals surface area (Å²) in [4.78, 5) is 14.5. The molecule has 1 fully saturated rings. The van der Waals surface area contributed by atoms with Crippen LogP contribution in [0.3, 0.4) is 0 Å². The standard InChI is InChI=1S/C23H24N2O3/c26-23(21-16-22(24-28-21)27-17-20-9-5-2-6-10-20)25-13-11-19(12-14-25)15-18-7-3-1-4-8-18/h1-10,16,19H,11-15,17H2. The number of carbonyl (C=O) groups is 1. The lowest BCUT2D eigenvalue weighted by Gasteiger charge is -2.31. The van der Waals surface area contributed by atoms with Crippen LogP contribution in [-0.4, -0.2) is 29.1 Å². The molecule has 0 bridgehead atoms. The molecule has 1 amide bonds. The van der Waals surface area contributed by atoms with E-state index in [0.717, 1.165) is 37.9 Å². The van der Waals surface area contributed by atoms with Crippen LogP contribution in [0.2, 0.25) is 0 Å². The van der Waals surface area contributed by atoms with Crippen molar-refractivity contribution in [2.45, 2.75) is 25.9 Å². The normalized spacial score (nSPS) is 14.8. The van der Waals surface area contributed by atoms with Crippen molar-refractivity contribution in [1.82, 2.24) is 10.1 Å². The summed E-state index contributed by atoms with van der Waals surface area (Å²) < 4.78 is 10.8. The zero-order valence-electron chi connectivity index (χ0n) is 15.8. The fraction of sp³-hybridized carbons (Fsp3) is 0.304. The van der Waals surface area contributed by atoms with Gasteiger partial charge in [-0.15, -0.1) is 0 Å². The molecular weight excluding hydrogens is 352 g/mol. The lowest BCUT2D eigenvalue weighted by molar-refractivity contribution is 0.0648. The minimum absolute atomic E-state index is 0.111. The fourth-order valence-electron chi connectivity index (χ4n) is 3.60. The summed E-state index contributed by atoms with van der Waals surface area (Å²) in [5.74, 6) is 1.09. The van der Waals surface area contributed by atoms with Crippen molar-refractivity contribution >= 4 is 5.91 Å². The number of amides is 1. The van der Waals surface area contributed by atoms with Gasteiger partial charge in [-0.1, -0.05) is 60.7 Å². The minimum Gasteiger partial charge on any atom is -0.471 e. The van der Waals surface area contributed by atoms with Gasteiger partial charge in [-0.3, -0.25) is 4.79 Å². The van der Waals surface area contributed by atoms with Crippen molar-refractivity contribution in [3.63, 3.8) is 0 Å². The molecule has 4 rings (SSSR count). The summed E-state index contributed by atoms with van der Waals surface area (Å²) in [5.41, 5.74) is 2.40. The Labute approximate surface area is 164 Å². The Bertz CT molecular complexity index is 884. The summed E-state index contributed by atoms with van der Waals surface area (Å²) in [5, 5.41) is 3.87. The third kappa shape index (κ3) is 4.60. The number of carbonyl (C=O) groups excluding carboxylic acids is 1. The predicted molar refractivity (Wildman–Crippen MR) is 106 cm³/mol. The summed E-state index contributed by atoms with van der Waals surface area (Å²) in [6.07, 6.45) is 3.08. The third-order valence-electron chi connectivity index (χ3n) is 5.20. The third-order valence-corrected chi connectivity index (χ3v) is 5.20. The monoisotopic (exact) mass is 376 g/mol. The predicted octanol–water partition coefficient (Wildman–Crippen LogP) is 4.35. The second kappa shape index (κ2) is 8.74. The van der Waals surface area contributed by atoms with Crippen LogP contribution in [0.4, 0.5) is 0 Å². The molecule has 0 atom stereocenters. The van der Waals surface area contributed by atoms with E-state index in [1.165, 1.54) is 5.56 Å². The first kappa shape index (κ1) is 18.3. The molecule has 1 aliphatic rings. The van der Waals surface area contributed by atoms with Crippen LogP contribution < -0.4 is 4.74 Å². The average Bonchev–Trinajstić information content (AvgIpc) is 3.23. The largest absolute Gasteiger partial charge is 0.471 e. The molecule has 0 N–H and O–H groups in total. The van der Waals surface area contributed by atoms with E-state index in [1.54, 1.807) is 6.07 Å². The SMILES string of the molecule is O=C(c1cc(OCc2ccccc2)no1)N1CCC(Cc2ccccc2)CC1. The summed E-state index contributed by atoms with van der Waals surface area (Å²) >= 11 is 0. The van der Waals surface area contributed by atoms with Crippen molar-refractivity contribution in [1.29, 1.82) is 0 Å². The molecule has 0 aliphatic carbocycles. The van der Waals surface area contributed by atoms with E-state index in [9.17, 15) is 4.79 Å². The van der Waals surface area contributed by atoms with Crippen molar-refractivity contribution in [3.8, 4) is 5.88 Å². The van der Waals surface area contributed by atoms with Crippen molar-refractivity contribution in [2.24, 2.45) is 5.92 Å². The molecule has 0 saturated carbocycles. The molecule has 5 nitrogen and oxygen atoms in total. The Morgan fingerprint density at radius 2 is 1.64 bits per heavy atom. The lowest BCUT2D eigenvalue weighted by atomic mass is 9.90. The van der Waals surface area contributed by atoms with E-state index >= 15 is 0 Å². The van der Waals surface area contributed by atoms with E-state index in [0.29, 0.717) is 18.4 Å². The van der Waals surface area contributed by atoms with Crippen molar-refractivity contribution < 1.29 is 14.1 Å². The maximum Gasteiger partial charge on any atom is 0.292 e. The number of nitrogens with zero attached hydrogens (tertiary/aromatic N) is 2. The Hall–Kier alpha value is -3.08. The van der Waals surface area contributed by atoms with Crippen LogP contribution in [0.25, 0.3) is 0 Å². The molecule has 3 aromatic rings. The summed E-state index contributed by atoms with van der Waals surface area (Å²) in [7, 11) is 0. The second-order valence-electron chi connectivity index (χ2n) is 7.23. The first-order valence-corrected chi connectivity index (χ1v) is 9.74. The van der Waals surface area contributed by atoms with Gasteiger partial charge in [0.25, 0.3) is 11.8 Å². The van der Waals surface area contributed by atoms with Gasteiger partial charge in [0.1, 0.15) is 6.61 Å². The molecule has 0 radical (unpaired) electrons. The molecule has 1 saturated heterocycles. The molecule has 1 aliphatic heterocycles. The number of aromatic nitrogens is 1. The molecule has 28 heavy (non-hydrogen) atoms. The van der Waals surface area contributed by atoms with Gasteiger partial charge in [0.15, 0.2) is 0 Å². The topological polar surface area (TPSA) is 55.6 Å². The highest BCUT2D eigenvalue weighted by molar-refractivity contribution is 5.91. The minimum atomic E-state index is -0.111. The highest BCUT2D eigenvalue weighted by Crippen LogP contribution is 2.23. The first-order chi connectivity index (χ1) is 13.8. The maximum absolute atomic E-state index is 12.7. The molecule has 0 unspecified atom stereocenters. The van der Waals surface area contributed by atoms with E-state index in [1.807, 2.05) is 41.3 Å². The number of hydrogen-bond donors (Lipinski definition) is 0. The number of likely N-dealkylation sites (tertiary alicyclic amines) is 1. The number of piperidine rings is 1. The fourth-order valence-corrected chi connectivity index (χ4v) is 3.60. The van der Waals surface area contributed by atoms with Crippen LogP contribution in [0, 0.1) is 5.92 Å². The van der Waals surface area contributed by atoms with Crippen LogP contribution in [0.5, 0.6) is 5.88 Å².